The van der Waals surface area contributed by atoms with Crippen molar-refractivity contribution in [3.8, 4) is 51.7 Å². The number of rotatable bonds is 3. The van der Waals surface area contributed by atoms with Gasteiger partial charge in [0.15, 0.2) is 34.5 Å². The minimum Gasteiger partial charge on any atom is -0.493 e. The molecule has 6 heterocycles. The molecule has 0 unspecified atom stereocenters. The lowest BCUT2D eigenvalue weighted by molar-refractivity contribution is 0.209. The van der Waals surface area contributed by atoms with Crippen LogP contribution in [0.5, 0.6) is 51.7 Å². The molecule has 6 aromatic carbocycles. The zero-order valence-corrected chi connectivity index (χ0v) is 40.7. The Labute approximate surface area is 412 Å². The molecule has 368 valence electrons. The highest BCUT2D eigenvalue weighted by Gasteiger charge is 2.27. The van der Waals surface area contributed by atoms with Gasteiger partial charge >= 0.3 is 0 Å². The molecule has 3 N–H and O–H groups in total. The predicted octanol–water partition coefficient (Wildman–Crippen LogP) is 7.77. The van der Waals surface area contributed by atoms with Crippen molar-refractivity contribution < 1.29 is 42.6 Å². The fourth-order valence-corrected chi connectivity index (χ4v) is 9.60. The summed E-state index contributed by atoms with van der Waals surface area (Å²) in [7, 11) is 5.11. The van der Waals surface area contributed by atoms with Crippen LogP contribution in [0.1, 0.15) is 50.1 Å². The second-order valence-corrected chi connectivity index (χ2v) is 17.5. The highest BCUT2D eigenvalue weighted by molar-refractivity contribution is 5.62. The minimum atomic E-state index is 0.319. The van der Waals surface area contributed by atoms with Crippen LogP contribution in [-0.4, -0.2) is 105 Å². The van der Waals surface area contributed by atoms with Crippen molar-refractivity contribution in [3.05, 3.63) is 159 Å². The van der Waals surface area contributed by atoms with Crippen molar-refractivity contribution >= 4 is 0 Å². The standard InChI is InChI=1S/C57H66N4O9/c1-62-55-46-34-41-17-20-53-57(64-3)48(41)36-42-18-21-54-56(63-2)47(42)35-40(46)16-19-52(55)68-31-28-65-49-13-7-4-10-43(49)37-58-22-25-61(26-23-59-38-44-11-5-8-14-50(44)66-29-32-69-53)27-24-60-39-45-12-6-9-15-51(45)67-30-33-70-54/h4-21,58-60H,22-39H2,1-3H3. The van der Waals surface area contributed by atoms with E-state index in [4.69, 9.17) is 42.6 Å². The van der Waals surface area contributed by atoms with Crippen LogP contribution in [0.4, 0.5) is 0 Å². The number of nitrogens with zero attached hydrogens (tertiary/aromatic N) is 1. The van der Waals surface area contributed by atoms with Gasteiger partial charge in [-0.2, -0.15) is 0 Å². The van der Waals surface area contributed by atoms with Crippen LogP contribution in [0.3, 0.4) is 0 Å². The van der Waals surface area contributed by atoms with E-state index in [9.17, 15) is 0 Å². The van der Waals surface area contributed by atoms with E-state index < -0.39 is 0 Å². The number of para-hydroxylation sites is 3. The number of ether oxygens (including phenoxy) is 9. The van der Waals surface area contributed by atoms with Gasteiger partial charge in [-0.1, -0.05) is 72.8 Å². The predicted molar refractivity (Wildman–Crippen MR) is 271 cm³/mol. The molecule has 0 radical (unpaired) electrons. The Bertz CT molecular complexity index is 2390. The van der Waals surface area contributed by atoms with Crippen LogP contribution < -0.4 is 58.6 Å². The Balaban J connectivity index is 1.12. The molecule has 70 heavy (non-hydrogen) atoms. The molecule has 0 spiro atoms. The van der Waals surface area contributed by atoms with Crippen molar-refractivity contribution in [2.45, 2.75) is 38.9 Å². The molecule has 6 aromatic rings. The highest BCUT2D eigenvalue weighted by atomic mass is 16.6. The van der Waals surface area contributed by atoms with Crippen LogP contribution in [0.25, 0.3) is 0 Å². The van der Waals surface area contributed by atoms with Gasteiger partial charge in [-0.15, -0.1) is 0 Å². The molecule has 13 nitrogen and oxygen atoms in total. The molecule has 1 aliphatic carbocycles. The first-order valence-electron chi connectivity index (χ1n) is 24.5. The maximum Gasteiger partial charge on any atom is 0.164 e. The summed E-state index contributed by atoms with van der Waals surface area (Å²) in [5, 5.41) is 11.1. The van der Waals surface area contributed by atoms with Crippen molar-refractivity contribution in [2.24, 2.45) is 0 Å². The Hall–Kier alpha value is -6.64. The maximum atomic E-state index is 6.52. The topological polar surface area (TPSA) is 122 Å². The molecular formula is C57H66N4O9. The van der Waals surface area contributed by atoms with E-state index in [-0.39, 0.29) is 0 Å². The van der Waals surface area contributed by atoms with E-state index >= 15 is 0 Å². The minimum absolute atomic E-state index is 0.319. The number of benzene rings is 6. The summed E-state index contributed by atoms with van der Waals surface area (Å²) in [6.45, 7) is 9.06. The third kappa shape index (κ3) is 11.8. The van der Waals surface area contributed by atoms with Gasteiger partial charge in [-0.25, -0.2) is 0 Å². The Morgan fingerprint density at radius 1 is 0.343 bits per heavy atom. The van der Waals surface area contributed by atoms with E-state index in [2.05, 4.69) is 75.4 Å². The van der Waals surface area contributed by atoms with Crippen molar-refractivity contribution in [1.82, 2.24) is 20.9 Å². The zero-order chi connectivity index (χ0) is 47.9. The second-order valence-electron chi connectivity index (χ2n) is 17.5. The van der Waals surface area contributed by atoms with Gasteiger partial charge < -0.3 is 58.6 Å². The first kappa shape index (κ1) is 48.4. The molecule has 0 saturated heterocycles. The average molecular weight is 951 g/mol. The van der Waals surface area contributed by atoms with Crippen molar-refractivity contribution in [1.29, 1.82) is 0 Å². The summed E-state index contributed by atoms with van der Waals surface area (Å²) in [6, 6.07) is 37.0. The van der Waals surface area contributed by atoms with E-state index in [1.165, 1.54) is 0 Å². The SMILES string of the molecule is COc1c2ccc3c1Cc1ccc4c(OC)c1Cc1ccc(c(OC)c1C3)OCCOc1ccccc1CNCCN(CCNCc1ccccc1OCCO2)CCNCc1ccccc1OCCO4. The lowest BCUT2D eigenvalue weighted by atomic mass is 9.93. The van der Waals surface area contributed by atoms with Gasteiger partial charge in [0, 0.05) is 112 Å². The van der Waals surface area contributed by atoms with Gasteiger partial charge in [-0.05, 0) is 53.1 Å². The molecular weight excluding hydrogens is 885 g/mol. The largest absolute Gasteiger partial charge is 0.493 e. The van der Waals surface area contributed by atoms with Crippen LogP contribution in [0.15, 0.2) is 109 Å². The number of nitrogens with one attached hydrogen (secondary N) is 3. The van der Waals surface area contributed by atoms with Gasteiger partial charge in [0.05, 0.1) is 21.3 Å². The van der Waals surface area contributed by atoms with Crippen LogP contribution >= 0.6 is 0 Å². The molecule has 13 rings (SSSR count). The average Bonchev–Trinajstić information content (AvgIpc) is 3.45. The van der Waals surface area contributed by atoms with Crippen LogP contribution in [-0.2, 0) is 38.9 Å². The lowest BCUT2D eigenvalue weighted by Gasteiger charge is -2.23. The first-order valence-corrected chi connectivity index (χ1v) is 24.5. The summed E-state index contributed by atoms with van der Waals surface area (Å²) in [5.41, 5.74) is 9.52. The third-order valence-electron chi connectivity index (χ3n) is 13.2. The van der Waals surface area contributed by atoms with E-state index in [0.717, 1.165) is 107 Å². The Kier molecular flexibility index (Phi) is 16.8. The summed E-state index contributed by atoms with van der Waals surface area (Å²) in [6.07, 6.45) is 1.66. The smallest absolute Gasteiger partial charge is 0.164 e. The number of hydrogen-bond acceptors (Lipinski definition) is 13. The molecule has 0 fully saturated rings. The highest BCUT2D eigenvalue weighted by Crippen LogP contribution is 2.45. The molecule has 0 aromatic heterocycles. The van der Waals surface area contributed by atoms with Crippen molar-refractivity contribution in [2.75, 3.05) is 100 Å². The summed E-state index contributed by atoms with van der Waals surface area (Å²) < 4.78 is 57.6. The molecule has 7 aliphatic rings. The van der Waals surface area contributed by atoms with Crippen LogP contribution in [0.2, 0.25) is 0 Å². The van der Waals surface area contributed by atoms with E-state index in [1.807, 2.05) is 54.6 Å². The molecule has 13 heteroatoms. The number of hydrogen-bond donors (Lipinski definition) is 3. The normalized spacial score (nSPS) is 16.5. The van der Waals surface area contributed by atoms with Gasteiger partial charge in [-0.3, -0.25) is 4.90 Å². The van der Waals surface area contributed by atoms with Crippen LogP contribution in [0, 0.1) is 0 Å². The lowest BCUT2D eigenvalue weighted by Crippen LogP contribution is -2.40. The molecule has 10 bridgehead atoms. The molecule has 0 saturated carbocycles. The van der Waals surface area contributed by atoms with Gasteiger partial charge in [0.25, 0.3) is 0 Å². The van der Waals surface area contributed by atoms with E-state index in [0.29, 0.717) is 113 Å². The van der Waals surface area contributed by atoms with Gasteiger partial charge in [0.2, 0.25) is 0 Å². The number of methoxy groups -OCH3 is 3. The first-order chi connectivity index (χ1) is 34.6. The maximum absolute atomic E-state index is 6.52. The third-order valence-corrected chi connectivity index (χ3v) is 13.2. The zero-order valence-electron chi connectivity index (χ0n) is 40.7. The summed E-state index contributed by atoms with van der Waals surface area (Å²) >= 11 is 0. The molecule has 0 amide bonds. The Morgan fingerprint density at radius 3 is 0.929 bits per heavy atom. The molecule has 0 atom stereocenters. The quantitative estimate of drug-likeness (QED) is 0.160. The van der Waals surface area contributed by atoms with E-state index in [1.54, 1.807) is 21.3 Å². The van der Waals surface area contributed by atoms with Gasteiger partial charge in [0.1, 0.15) is 56.9 Å². The fraction of sp³-hybridized carbons (Fsp3) is 0.368. The fourth-order valence-electron chi connectivity index (χ4n) is 9.60. The second kappa shape index (κ2) is 24.3. The number of fused-ring (bicyclic) bond motifs is 3. The Morgan fingerprint density at radius 2 is 0.629 bits per heavy atom. The summed E-state index contributed by atoms with van der Waals surface area (Å²) in [4.78, 5) is 2.49. The van der Waals surface area contributed by atoms with Crippen molar-refractivity contribution in [3.63, 3.8) is 0 Å². The monoisotopic (exact) mass is 950 g/mol. The molecule has 6 aliphatic heterocycles. The summed E-state index contributed by atoms with van der Waals surface area (Å²) in [5.74, 6) is 6.43.